The fourth-order valence-corrected chi connectivity index (χ4v) is 3.82. The smallest absolute Gasteiger partial charge is 0.152 e. The van der Waals surface area contributed by atoms with Gasteiger partial charge in [-0.1, -0.05) is 0 Å². The number of aryl methyl sites for hydroxylation is 1. The molecule has 8 heteroatoms. The average molecular weight is 363 g/mol. The normalized spacial score (nSPS) is 17.3. The zero-order chi connectivity index (χ0) is 18.4. The van der Waals surface area contributed by atoms with Crippen LogP contribution in [0.15, 0.2) is 41.3 Å². The molecule has 4 aromatic heterocycles. The van der Waals surface area contributed by atoms with Crippen LogP contribution in [0.2, 0.25) is 0 Å². The lowest BCUT2D eigenvalue weighted by molar-refractivity contribution is 0.185. The lowest BCUT2D eigenvalue weighted by atomic mass is 9.96. The van der Waals surface area contributed by atoms with E-state index in [4.69, 9.17) is 4.42 Å². The summed E-state index contributed by atoms with van der Waals surface area (Å²) in [5.74, 6) is 1.72. The Kier molecular flexibility index (Phi) is 3.71. The van der Waals surface area contributed by atoms with Crippen molar-refractivity contribution in [1.29, 1.82) is 0 Å². The van der Waals surface area contributed by atoms with Crippen LogP contribution in [0.5, 0.6) is 0 Å². The first-order chi connectivity index (χ1) is 13.2. The van der Waals surface area contributed by atoms with Crippen molar-refractivity contribution in [3.05, 3.63) is 65.3 Å². The number of fused-ring (bicyclic) bond motifs is 1. The highest BCUT2D eigenvalue weighted by Crippen LogP contribution is 2.36. The van der Waals surface area contributed by atoms with E-state index in [9.17, 15) is 0 Å². The highest BCUT2D eigenvalue weighted by atomic mass is 16.3. The molecule has 138 valence electrons. The van der Waals surface area contributed by atoms with Crippen LogP contribution in [0.3, 0.4) is 0 Å². The Labute approximate surface area is 156 Å². The number of imidazole rings is 1. The van der Waals surface area contributed by atoms with Crippen molar-refractivity contribution in [3.63, 3.8) is 0 Å². The molecule has 0 saturated carbocycles. The van der Waals surface area contributed by atoms with Crippen LogP contribution in [0.25, 0.3) is 11.5 Å². The standard InChI is InChI=1S/C19H21N7O/c1-12-14(9-23-25(12)2)19-18-16(20-11-21-18)6-8-26(19)10-13-3-4-17(27-13)15-5-7-22-24-15/h3-5,7,9,11,19H,6,8,10H2,1-2H3,(H,20,21)(H,22,24)/t19-/m0/s1. The number of nitrogens with zero attached hydrogens (tertiary/aromatic N) is 5. The first-order valence-electron chi connectivity index (χ1n) is 9.04. The van der Waals surface area contributed by atoms with Gasteiger partial charge in [0, 0.05) is 43.2 Å². The molecule has 0 fully saturated rings. The molecule has 0 unspecified atom stereocenters. The molecule has 27 heavy (non-hydrogen) atoms. The second kappa shape index (κ2) is 6.24. The molecule has 0 radical (unpaired) electrons. The fourth-order valence-electron chi connectivity index (χ4n) is 3.82. The van der Waals surface area contributed by atoms with E-state index in [1.807, 2.05) is 36.1 Å². The topological polar surface area (TPSA) is 91.6 Å². The Bertz CT molecular complexity index is 1060. The van der Waals surface area contributed by atoms with Crippen molar-refractivity contribution in [2.24, 2.45) is 7.05 Å². The summed E-state index contributed by atoms with van der Waals surface area (Å²) in [6, 6.07) is 5.98. The van der Waals surface area contributed by atoms with Crippen LogP contribution in [0.1, 0.15) is 34.4 Å². The zero-order valence-corrected chi connectivity index (χ0v) is 15.3. The van der Waals surface area contributed by atoms with Crippen molar-refractivity contribution in [2.45, 2.75) is 25.9 Å². The minimum absolute atomic E-state index is 0.0643. The Balaban J connectivity index is 1.48. The second-order valence-corrected chi connectivity index (χ2v) is 6.93. The summed E-state index contributed by atoms with van der Waals surface area (Å²) in [6.07, 6.45) is 6.41. The Morgan fingerprint density at radius 1 is 1.30 bits per heavy atom. The van der Waals surface area contributed by atoms with Gasteiger partial charge in [0.25, 0.3) is 0 Å². The molecule has 8 nitrogen and oxygen atoms in total. The van der Waals surface area contributed by atoms with Crippen LogP contribution in [0, 0.1) is 6.92 Å². The molecule has 4 aromatic rings. The van der Waals surface area contributed by atoms with Crippen LogP contribution in [-0.2, 0) is 20.0 Å². The van der Waals surface area contributed by atoms with Gasteiger partial charge in [-0.25, -0.2) is 4.98 Å². The van der Waals surface area contributed by atoms with Gasteiger partial charge in [-0.2, -0.15) is 10.2 Å². The third-order valence-electron chi connectivity index (χ3n) is 5.38. The van der Waals surface area contributed by atoms with Crippen molar-refractivity contribution < 1.29 is 4.42 Å². The van der Waals surface area contributed by atoms with Gasteiger partial charge < -0.3 is 9.40 Å². The van der Waals surface area contributed by atoms with Gasteiger partial charge in [0.1, 0.15) is 11.5 Å². The molecule has 0 saturated heterocycles. The van der Waals surface area contributed by atoms with Crippen LogP contribution in [-0.4, -0.2) is 41.4 Å². The van der Waals surface area contributed by atoms with Gasteiger partial charge in [0.2, 0.25) is 0 Å². The summed E-state index contributed by atoms with van der Waals surface area (Å²) < 4.78 is 7.97. The van der Waals surface area contributed by atoms with Crippen molar-refractivity contribution >= 4 is 0 Å². The predicted molar refractivity (Wildman–Crippen MR) is 98.8 cm³/mol. The highest BCUT2D eigenvalue weighted by Gasteiger charge is 2.33. The Hall–Kier alpha value is -3.13. The number of nitrogens with one attached hydrogen (secondary N) is 2. The summed E-state index contributed by atoms with van der Waals surface area (Å²) in [6.45, 7) is 3.73. The van der Waals surface area contributed by atoms with E-state index < -0.39 is 0 Å². The summed E-state index contributed by atoms with van der Waals surface area (Å²) in [5.41, 5.74) is 5.51. The molecule has 2 N–H and O–H groups in total. The van der Waals surface area contributed by atoms with E-state index in [0.29, 0.717) is 6.54 Å². The highest BCUT2D eigenvalue weighted by molar-refractivity contribution is 5.51. The molecule has 0 amide bonds. The third-order valence-corrected chi connectivity index (χ3v) is 5.38. The quantitative estimate of drug-likeness (QED) is 0.581. The molecule has 1 aliphatic rings. The maximum atomic E-state index is 6.06. The lowest BCUT2D eigenvalue weighted by Gasteiger charge is -2.34. The van der Waals surface area contributed by atoms with Crippen molar-refractivity contribution in [2.75, 3.05) is 6.54 Å². The molecular weight excluding hydrogens is 342 g/mol. The Morgan fingerprint density at radius 3 is 3.00 bits per heavy atom. The number of furan rings is 1. The summed E-state index contributed by atoms with van der Waals surface area (Å²) >= 11 is 0. The van der Waals surface area contributed by atoms with E-state index in [0.717, 1.165) is 41.6 Å². The molecule has 5 rings (SSSR count). The molecule has 1 aliphatic heterocycles. The first kappa shape index (κ1) is 16.1. The molecule has 0 aliphatic carbocycles. The molecule has 0 spiro atoms. The maximum absolute atomic E-state index is 6.06. The maximum Gasteiger partial charge on any atom is 0.152 e. The van der Waals surface area contributed by atoms with E-state index in [-0.39, 0.29) is 6.04 Å². The average Bonchev–Trinajstić information content (AvgIpc) is 3.44. The summed E-state index contributed by atoms with van der Waals surface area (Å²) in [5, 5.41) is 11.4. The Morgan fingerprint density at radius 2 is 2.22 bits per heavy atom. The van der Waals surface area contributed by atoms with Gasteiger partial charge in [-0.05, 0) is 25.1 Å². The largest absolute Gasteiger partial charge is 0.458 e. The lowest BCUT2D eigenvalue weighted by Crippen LogP contribution is -2.36. The molecule has 5 heterocycles. The fraction of sp³-hybridized carbons (Fsp3) is 0.316. The number of hydrogen-bond donors (Lipinski definition) is 2. The molecule has 0 bridgehead atoms. The van der Waals surface area contributed by atoms with E-state index >= 15 is 0 Å². The third kappa shape index (κ3) is 2.69. The van der Waals surface area contributed by atoms with E-state index in [1.54, 1.807) is 12.5 Å². The minimum atomic E-state index is 0.0643. The predicted octanol–water partition coefficient (Wildman–Crippen LogP) is 2.58. The van der Waals surface area contributed by atoms with Crippen LogP contribution < -0.4 is 0 Å². The van der Waals surface area contributed by atoms with Gasteiger partial charge in [-0.3, -0.25) is 14.7 Å². The minimum Gasteiger partial charge on any atom is -0.458 e. The monoisotopic (exact) mass is 363 g/mol. The van der Waals surface area contributed by atoms with Crippen LogP contribution in [0.4, 0.5) is 0 Å². The first-order valence-corrected chi connectivity index (χ1v) is 9.04. The second-order valence-electron chi connectivity index (χ2n) is 6.93. The van der Waals surface area contributed by atoms with Crippen molar-refractivity contribution in [1.82, 2.24) is 34.8 Å². The van der Waals surface area contributed by atoms with Gasteiger partial charge >= 0.3 is 0 Å². The number of H-pyrrole nitrogens is 2. The van der Waals surface area contributed by atoms with Gasteiger partial charge in [0.15, 0.2) is 5.76 Å². The van der Waals surface area contributed by atoms with Gasteiger partial charge in [-0.15, -0.1) is 0 Å². The van der Waals surface area contributed by atoms with E-state index in [2.05, 4.69) is 37.1 Å². The zero-order valence-electron chi connectivity index (χ0n) is 15.3. The van der Waals surface area contributed by atoms with Crippen LogP contribution >= 0.6 is 0 Å². The number of rotatable bonds is 4. The van der Waals surface area contributed by atoms with Gasteiger partial charge in [0.05, 0.1) is 30.8 Å². The summed E-state index contributed by atoms with van der Waals surface area (Å²) in [4.78, 5) is 10.3. The SMILES string of the molecule is Cc1c([C@H]2c3nc[nH]c3CCN2Cc2ccc(-c3ccn[nH]3)o2)cnn1C. The molecule has 0 aromatic carbocycles. The molecular formula is C19H21N7O. The number of hydrogen-bond acceptors (Lipinski definition) is 5. The summed E-state index contributed by atoms with van der Waals surface area (Å²) in [7, 11) is 1.97. The molecule has 1 atom stereocenters. The number of aromatic amines is 2. The van der Waals surface area contributed by atoms with Crippen molar-refractivity contribution in [3.8, 4) is 11.5 Å². The number of aromatic nitrogens is 6. The van der Waals surface area contributed by atoms with E-state index in [1.165, 1.54) is 11.3 Å².